The molecule has 2 fully saturated rings. The molecule has 0 bridgehead atoms. The van der Waals surface area contributed by atoms with Gasteiger partial charge in [0, 0.05) is 17.6 Å². The second kappa shape index (κ2) is 7.82. The van der Waals surface area contributed by atoms with E-state index in [-0.39, 0.29) is 18.1 Å². The van der Waals surface area contributed by atoms with Crippen LogP contribution in [0.4, 0.5) is 4.79 Å². The summed E-state index contributed by atoms with van der Waals surface area (Å²) in [5, 5.41) is 2.55. The van der Waals surface area contributed by atoms with Crippen LogP contribution in [0.1, 0.15) is 31.2 Å². The van der Waals surface area contributed by atoms with Crippen molar-refractivity contribution in [2.75, 3.05) is 19.6 Å². The fourth-order valence-corrected chi connectivity index (χ4v) is 3.45. The number of nitrogens with zero attached hydrogens (tertiary/aromatic N) is 2. The van der Waals surface area contributed by atoms with Gasteiger partial charge in [-0.1, -0.05) is 40.9 Å². The van der Waals surface area contributed by atoms with Crippen molar-refractivity contribution < 1.29 is 14.4 Å². The zero-order valence-electron chi connectivity index (χ0n) is 13.8. The Morgan fingerprint density at radius 1 is 1.16 bits per heavy atom. The van der Waals surface area contributed by atoms with Crippen molar-refractivity contribution in [3.05, 3.63) is 40.0 Å². The number of hydrogen-bond donors (Lipinski definition) is 1. The van der Waals surface area contributed by atoms with Gasteiger partial charge in [0.1, 0.15) is 12.2 Å². The standard InChI is InChI=1S/C18H20BrN3O3/c19-14-7-5-6-13(10-14)11-15-17(24)22(18(25)20-15)12-16(23)21-8-3-1-2-4-9-21/h5-7,10-11H,1-4,8-9,12H2,(H,20,25)/b15-11-. The van der Waals surface area contributed by atoms with Gasteiger partial charge < -0.3 is 10.2 Å². The highest BCUT2D eigenvalue weighted by molar-refractivity contribution is 9.10. The summed E-state index contributed by atoms with van der Waals surface area (Å²) >= 11 is 3.37. The van der Waals surface area contributed by atoms with Gasteiger partial charge in [-0.15, -0.1) is 0 Å². The van der Waals surface area contributed by atoms with Crippen LogP contribution < -0.4 is 5.32 Å². The molecule has 6 nitrogen and oxygen atoms in total. The molecule has 0 radical (unpaired) electrons. The summed E-state index contributed by atoms with van der Waals surface area (Å²) < 4.78 is 0.881. The predicted molar refractivity (Wildman–Crippen MR) is 97.4 cm³/mol. The number of likely N-dealkylation sites (tertiary alicyclic amines) is 1. The molecule has 0 spiro atoms. The monoisotopic (exact) mass is 405 g/mol. The maximum absolute atomic E-state index is 12.5. The number of imide groups is 1. The van der Waals surface area contributed by atoms with E-state index < -0.39 is 11.9 Å². The molecular formula is C18H20BrN3O3. The number of urea groups is 1. The van der Waals surface area contributed by atoms with Crippen LogP contribution in [0, 0.1) is 0 Å². The summed E-state index contributed by atoms with van der Waals surface area (Å²) in [6, 6.07) is 6.86. The Balaban J connectivity index is 1.69. The Bertz CT molecular complexity index is 724. The molecule has 0 unspecified atom stereocenters. The Morgan fingerprint density at radius 2 is 1.88 bits per heavy atom. The zero-order chi connectivity index (χ0) is 17.8. The van der Waals surface area contributed by atoms with Crippen molar-refractivity contribution in [2.45, 2.75) is 25.7 Å². The molecule has 2 aliphatic heterocycles. The van der Waals surface area contributed by atoms with E-state index in [0.29, 0.717) is 13.1 Å². The molecule has 3 rings (SSSR count). The number of carbonyl (C=O) groups is 3. The molecule has 2 saturated heterocycles. The fourth-order valence-electron chi connectivity index (χ4n) is 3.03. The quantitative estimate of drug-likeness (QED) is 0.620. The lowest BCUT2D eigenvalue weighted by molar-refractivity contribution is -0.135. The highest BCUT2D eigenvalue weighted by Gasteiger charge is 2.35. The summed E-state index contributed by atoms with van der Waals surface area (Å²) in [7, 11) is 0. The Hall–Kier alpha value is -2.15. The van der Waals surface area contributed by atoms with Crippen molar-refractivity contribution in [2.24, 2.45) is 0 Å². The predicted octanol–water partition coefficient (Wildman–Crippen LogP) is 2.74. The van der Waals surface area contributed by atoms with Gasteiger partial charge in [0.05, 0.1) is 0 Å². The van der Waals surface area contributed by atoms with E-state index >= 15 is 0 Å². The molecule has 25 heavy (non-hydrogen) atoms. The van der Waals surface area contributed by atoms with Gasteiger partial charge in [-0.3, -0.25) is 9.59 Å². The highest BCUT2D eigenvalue weighted by atomic mass is 79.9. The van der Waals surface area contributed by atoms with Crippen LogP contribution in [0.25, 0.3) is 6.08 Å². The molecule has 1 aromatic carbocycles. The second-order valence-electron chi connectivity index (χ2n) is 6.23. The smallest absolute Gasteiger partial charge is 0.329 e. The molecule has 1 aromatic rings. The summed E-state index contributed by atoms with van der Waals surface area (Å²) in [4.78, 5) is 39.8. The van der Waals surface area contributed by atoms with Gasteiger partial charge in [0.25, 0.3) is 5.91 Å². The third-order valence-electron chi connectivity index (χ3n) is 4.37. The molecule has 2 aliphatic rings. The van der Waals surface area contributed by atoms with Crippen LogP contribution in [-0.4, -0.2) is 47.3 Å². The maximum Gasteiger partial charge on any atom is 0.329 e. The minimum absolute atomic E-state index is 0.172. The van der Waals surface area contributed by atoms with Gasteiger partial charge in [-0.25, -0.2) is 9.69 Å². The first kappa shape index (κ1) is 17.7. The average molecular weight is 406 g/mol. The van der Waals surface area contributed by atoms with Crippen molar-refractivity contribution in [1.29, 1.82) is 0 Å². The number of halogens is 1. The number of benzene rings is 1. The largest absolute Gasteiger partial charge is 0.341 e. The zero-order valence-corrected chi connectivity index (χ0v) is 15.4. The number of rotatable bonds is 3. The highest BCUT2D eigenvalue weighted by Crippen LogP contribution is 2.18. The molecule has 1 N–H and O–H groups in total. The first-order valence-corrected chi connectivity index (χ1v) is 9.22. The SMILES string of the molecule is O=C(CN1C(=O)N/C(=C\c2cccc(Br)c2)C1=O)N1CCCCCC1. The molecule has 0 aliphatic carbocycles. The van der Waals surface area contributed by atoms with Crippen LogP contribution in [0.2, 0.25) is 0 Å². The first-order chi connectivity index (χ1) is 12.0. The third kappa shape index (κ3) is 4.28. The Kier molecular flexibility index (Phi) is 5.53. The van der Waals surface area contributed by atoms with Crippen LogP contribution >= 0.6 is 15.9 Å². The summed E-state index contributed by atoms with van der Waals surface area (Å²) in [5.41, 5.74) is 0.977. The van der Waals surface area contributed by atoms with Crippen molar-refractivity contribution in [1.82, 2.24) is 15.1 Å². The minimum Gasteiger partial charge on any atom is -0.341 e. The van der Waals surface area contributed by atoms with Crippen molar-refractivity contribution >= 4 is 39.9 Å². The van der Waals surface area contributed by atoms with E-state index in [1.165, 1.54) is 0 Å². The Morgan fingerprint density at radius 3 is 2.56 bits per heavy atom. The lowest BCUT2D eigenvalue weighted by Crippen LogP contribution is -2.43. The fraction of sp³-hybridized carbons (Fsp3) is 0.389. The average Bonchev–Trinajstić information content (AvgIpc) is 2.79. The molecule has 4 amide bonds. The van der Waals surface area contributed by atoms with Crippen LogP contribution in [0.5, 0.6) is 0 Å². The second-order valence-corrected chi connectivity index (χ2v) is 7.15. The Labute approximate surface area is 155 Å². The third-order valence-corrected chi connectivity index (χ3v) is 4.87. The van der Waals surface area contributed by atoms with Crippen LogP contribution in [0.3, 0.4) is 0 Å². The normalized spacial score (nSPS) is 20.0. The molecule has 132 valence electrons. The number of amides is 4. The van der Waals surface area contributed by atoms with E-state index in [0.717, 1.165) is 40.6 Å². The maximum atomic E-state index is 12.5. The molecule has 2 heterocycles. The molecule has 0 saturated carbocycles. The van der Waals surface area contributed by atoms with E-state index in [1.807, 2.05) is 24.3 Å². The molecule has 0 aromatic heterocycles. The topological polar surface area (TPSA) is 69.7 Å². The van der Waals surface area contributed by atoms with Gasteiger partial charge in [0.15, 0.2) is 0 Å². The number of carbonyl (C=O) groups excluding carboxylic acids is 3. The van der Waals surface area contributed by atoms with Crippen LogP contribution in [0.15, 0.2) is 34.4 Å². The summed E-state index contributed by atoms with van der Waals surface area (Å²) in [5.74, 6) is -0.637. The molecule has 7 heteroatoms. The van der Waals surface area contributed by atoms with E-state index in [9.17, 15) is 14.4 Å². The van der Waals surface area contributed by atoms with Gasteiger partial charge in [-0.2, -0.15) is 0 Å². The molecule has 0 atom stereocenters. The van der Waals surface area contributed by atoms with Crippen LogP contribution in [-0.2, 0) is 9.59 Å². The van der Waals surface area contributed by atoms with Crippen molar-refractivity contribution in [3.8, 4) is 0 Å². The summed E-state index contributed by atoms with van der Waals surface area (Å²) in [6.45, 7) is 1.19. The number of hydrogen-bond acceptors (Lipinski definition) is 3. The van der Waals surface area contributed by atoms with E-state index in [2.05, 4.69) is 21.2 Å². The minimum atomic E-state index is -0.547. The van der Waals surface area contributed by atoms with Gasteiger partial charge in [-0.05, 0) is 36.6 Å². The van der Waals surface area contributed by atoms with E-state index in [4.69, 9.17) is 0 Å². The first-order valence-electron chi connectivity index (χ1n) is 8.42. The molecular weight excluding hydrogens is 386 g/mol. The summed E-state index contributed by atoms with van der Waals surface area (Å²) in [6.07, 6.45) is 5.79. The van der Waals surface area contributed by atoms with Crippen molar-refractivity contribution in [3.63, 3.8) is 0 Å². The number of nitrogens with one attached hydrogen (secondary N) is 1. The van der Waals surface area contributed by atoms with E-state index in [1.54, 1.807) is 11.0 Å². The lowest BCUT2D eigenvalue weighted by atomic mass is 10.2. The van der Waals surface area contributed by atoms with Gasteiger partial charge in [0.2, 0.25) is 5.91 Å². The van der Waals surface area contributed by atoms with Gasteiger partial charge >= 0.3 is 6.03 Å². The lowest BCUT2D eigenvalue weighted by Gasteiger charge is -2.22.